The molecule has 0 saturated heterocycles. The van der Waals surface area contributed by atoms with Crippen molar-refractivity contribution in [3.63, 3.8) is 0 Å². The molecule has 0 amide bonds. The molecular weight excluding hydrogens is 306 g/mol. The fourth-order valence-corrected chi connectivity index (χ4v) is 3.04. The molecule has 6 nitrogen and oxygen atoms in total. The molecule has 1 fully saturated rings. The largest absolute Gasteiger partial charge is 0.493 e. The maximum Gasteiger partial charge on any atom is 0.203 e. The second-order valence-electron chi connectivity index (χ2n) is 5.81. The Labute approximate surface area is 144 Å². The van der Waals surface area contributed by atoms with E-state index in [0.29, 0.717) is 29.8 Å². The van der Waals surface area contributed by atoms with E-state index < -0.39 is 0 Å². The Morgan fingerprint density at radius 3 is 2.38 bits per heavy atom. The summed E-state index contributed by atoms with van der Waals surface area (Å²) in [6.45, 7) is 3.41. The summed E-state index contributed by atoms with van der Waals surface area (Å²) >= 11 is 0. The molecule has 0 aromatic heterocycles. The molecule has 2 rings (SSSR count). The summed E-state index contributed by atoms with van der Waals surface area (Å²) in [5.74, 6) is 2.76. The first-order valence-electron chi connectivity index (χ1n) is 8.56. The van der Waals surface area contributed by atoms with Crippen LogP contribution in [0.3, 0.4) is 0 Å². The lowest BCUT2D eigenvalue weighted by atomic mass is 10.1. The summed E-state index contributed by atoms with van der Waals surface area (Å²) in [5, 5.41) is 6.83. The van der Waals surface area contributed by atoms with Gasteiger partial charge in [-0.25, -0.2) is 4.99 Å². The van der Waals surface area contributed by atoms with E-state index >= 15 is 0 Å². The molecule has 1 aliphatic rings. The highest BCUT2D eigenvalue weighted by atomic mass is 16.5. The quantitative estimate of drug-likeness (QED) is 0.592. The van der Waals surface area contributed by atoms with E-state index in [9.17, 15) is 0 Å². The Balaban J connectivity index is 2.17. The number of benzene rings is 1. The Hall–Kier alpha value is -2.11. The molecule has 0 aliphatic heterocycles. The Kier molecular flexibility index (Phi) is 7.03. The van der Waals surface area contributed by atoms with Crippen LogP contribution < -0.4 is 24.8 Å². The van der Waals surface area contributed by atoms with E-state index in [1.54, 1.807) is 21.3 Å². The Bertz CT molecular complexity index is 555. The van der Waals surface area contributed by atoms with Crippen LogP contribution in [0.4, 0.5) is 0 Å². The fourth-order valence-electron chi connectivity index (χ4n) is 3.04. The Morgan fingerprint density at radius 1 is 1.08 bits per heavy atom. The highest BCUT2D eigenvalue weighted by Crippen LogP contribution is 2.39. The fraction of sp³-hybridized carbons (Fsp3) is 0.611. The van der Waals surface area contributed by atoms with Gasteiger partial charge >= 0.3 is 0 Å². The van der Waals surface area contributed by atoms with Crippen LogP contribution in [0.2, 0.25) is 0 Å². The molecule has 0 unspecified atom stereocenters. The summed E-state index contributed by atoms with van der Waals surface area (Å²) in [5.41, 5.74) is 0.957. The van der Waals surface area contributed by atoms with Crippen LogP contribution in [-0.2, 0) is 6.54 Å². The molecule has 0 heterocycles. The number of nitrogens with one attached hydrogen (secondary N) is 2. The van der Waals surface area contributed by atoms with E-state index in [0.717, 1.165) is 18.1 Å². The predicted octanol–water partition coefficient (Wildman–Crippen LogP) is 2.71. The standard InChI is InChI=1S/C18H29N3O3/c1-5-19-18(21-14-8-6-7-9-14)20-12-13-10-11-15(22-2)17(24-4)16(13)23-3/h10-11,14H,5-9,12H2,1-4H3,(H2,19,20,21). The predicted molar refractivity (Wildman–Crippen MR) is 96.3 cm³/mol. The highest BCUT2D eigenvalue weighted by Gasteiger charge is 2.17. The van der Waals surface area contributed by atoms with Gasteiger partial charge in [-0.1, -0.05) is 12.8 Å². The van der Waals surface area contributed by atoms with Crippen molar-refractivity contribution in [1.82, 2.24) is 10.6 Å². The van der Waals surface area contributed by atoms with Gasteiger partial charge in [0.05, 0.1) is 27.9 Å². The molecule has 0 spiro atoms. The third-order valence-corrected chi connectivity index (χ3v) is 4.23. The number of methoxy groups -OCH3 is 3. The summed E-state index contributed by atoms with van der Waals surface area (Å²) in [6.07, 6.45) is 5.01. The molecule has 134 valence electrons. The molecule has 0 atom stereocenters. The van der Waals surface area contributed by atoms with E-state index in [1.165, 1.54) is 25.7 Å². The maximum atomic E-state index is 5.52. The first-order valence-corrected chi connectivity index (χ1v) is 8.56. The second-order valence-corrected chi connectivity index (χ2v) is 5.81. The van der Waals surface area contributed by atoms with Gasteiger partial charge < -0.3 is 24.8 Å². The zero-order chi connectivity index (χ0) is 17.4. The molecule has 1 aliphatic carbocycles. The minimum Gasteiger partial charge on any atom is -0.493 e. The van der Waals surface area contributed by atoms with E-state index in [1.807, 2.05) is 12.1 Å². The smallest absolute Gasteiger partial charge is 0.203 e. The summed E-state index contributed by atoms with van der Waals surface area (Å²) < 4.78 is 16.3. The highest BCUT2D eigenvalue weighted by molar-refractivity contribution is 5.80. The summed E-state index contributed by atoms with van der Waals surface area (Å²) in [4.78, 5) is 4.70. The lowest BCUT2D eigenvalue weighted by Crippen LogP contribution is -2.42. The lowest BCUT2D eigenvalue weighted by Gasteiger charge is -2.18. The van der Waals surface area contributed by atoms with Gasteiger partial charge in [-0.15, -0.1) is 0 Å². The number of guanidine groups is 1. The molecule has 6 heteroatoms. The molecule has 0 radical (unpaired) electrons. The normalized spacial score (nSPS) is 15.2. The first kappa shape index (κ1) is 18.2. The minimum absolute atomic E-state index is 0.506. The number of rotatable bonds is 7. The van der Waals surface area contributed by atoms with Crippen molar-refractivity contribution in [2.24, 2.45) is 4.99 Å². The van der Waals surface area contributed by atoms with Crippen molar-refractivity contribution >= 4 is 5.96 Å². The molecular formula is C18H29N3O3. The lowest BCUT2D eigenvalue weighted by molar-refractivity contribution is 0.322. The minimum atomic E-state index is 0.506. The number of ether oxygens (including phenoxy) is 3. The molecule has 24 heavy (non-hydrogen) atoms. The number of hydrogen-bond acceptors (Lipinski definition) is 4. The van der Waals surface area contributed by atoms with Gasteiger partial charge in [0, 0.05) is 18.2 Å². The van der Waals surface area contributed by atoms with Crippen molar-refractivity contribution in [3.05, 3.63) is 17.7 Å². The van der Waals surface area contributed by atoms with Crippen molar-refractivity contribution < 1.29 is 14.2 Å². The average Bonchev–Trinajstić information content (AvgIpc) is 3.11. The molecule has 0 bridgehead atoms. The summed E-state index contributed by atoms with van der Waals surface area (Å²) in [6, 6.07) is 4.36. The number of hydrogen-bond donors (Lipinski definition) is 2. The molecule has 1 aromatic rings. The maximum absolute atomic E-state index is 5.52. The van der Waals surface area contributed by atoms with Gasteiger partial charge in [0.25, 0.3) is 0 Å². The van der Waals surface area contributed by atoms with Crippen molar-refractivity contribution in [2.75, 3.05) is 27.9 Å². The van der Waals surface area contributed by atoms with Crippen LogP contribution in [0.1, 0.15) is 38.2 Å². The van der Waals surface area contributed by atoms with E-state index in [4.69, 9.17) is 19.2 Å². The third-order valence-electron chi connectivity index (χ3n) is 4.23. The van der Waals surface area contributed by atoms with Crippen LogP contribution in [0.25, 0.3) is 0 Å². The number of nitrogens with zero attached hydrogens (tertiary/aromatic N) is 1. The van der Waals surface area contributed by atoms with Crippen molar-refractivity contribution in [2.45, 2.75) is 45.2 Å². The SMILES string of the molecule is CCNC(=NCc1ccc(OC)c(OC)c1OC)NC1CCCC1. The molecule has 1 aromatic carbocycles. The Morgan fingerprint density at radius 2 is 1.79 bits per heavy atom. The molecule has 2 N–H and O–H groups in total. The van der Waals surface area contributed by atoms with Crippen LogP contribution in [0.15, 0.2) is 17.1 Å². The third kappa shape index (κ3) is 4.46. The van der Waals surface area contributed by atoms with Gasteiger partial charge in [0.15, 0.2) is 17.5 Å². The van der Waals surface area contributed by atoms with Gasteiger partial charge in [-0.2, -0.15) is 0 Å². The molecule has 1 saturated carbocycles. The van der Waals surface area contributed by atoms with E-state index in [-0.39, 0.29) is 0 Å². The average molecular weight is 335 g/mol. The zero-order valence-corrected chi connectivity index (χ0v) is 15.1. The topological polar surface area (TPSA) is 64.1 Å². The van der Waals surface area contributed by atoms with Gasteiger partial charge in [-0.05, 0) is 31.9 Å². The van der Waals surface area contributed by atoms with Gasteiger partial charge in [-0.3, -0.25) is 0 Å². The first-order chi connectivity index (χ1) is 11.7. The number of aliphatic imine (C=N–C) groups is 1. The summed E-state index contributed by atoms with van der Waals surface area (Å²) in [7, 11) is 4.86. The zero-order valence-electron chi connectivity index (χ0n) is 15.1. The van der Waals surface area contributed by atoms with Crippen molar-refractivity contribution in [3.8, 4) is 17.2 Å². The van der Waals surface area contributed by atoms with Gasteiger partial charge in [0.1, 0.15) is 0 Å². The monoisotopic (exact) mass is 335 g/mol. The second kappa shape index (κ2) is 9.25. The van der Waals surface area contributed by atoms with Crippen LogP contribution in [0.5, 0.6) is 17.2 Å². The van der Waals surface area contributed by atoms with Crippen molar-refractivity contribution in [1.29, 1.82) is 0 Å². The van der Waals surface area contributed by atoms with E-state index in [2.05, 4.69) is 17.6 Å². The van der Waals surface area contributed by atoms with Crippen LogP contribution >= 0.6 is 0 Å². The van der Waals surface area contributed by atoms with Crippen LogP contribution in [0, 0.1) is 0 Å². The van der Waals surface area contributed by atoms with Crippen LogP contribution in [-0.4, -0.2) is 39.9 Å². The van der Waals surface area contributed by atoms with Gasteiger partial charge in [0.2, 0.25) is 5.75 Å².